The molecule has 1 unspecified atom stereocenters. The molecule has 0 aromatic carbocycles. The summed E-state index contributed by atoms with van der Waals surface area (Å²) in [4.78, 5) is 27.7. The van der Waals surface area contributed by atoms with Crippen molar-refractivity contribution in [1.82, 2.24) is 10.1 Å². The van der Waals surface area contributed by atoms with Crippen molar-refractivity contribution in [3.05, 3.63) is 30.1 Å². The van der Waals surface area contributed by atoms with E-state index in [4.69, 9.17) is 19.2 Å². The Kier molecular flexibility index (Phi) is 8.19. The largest absolute Gasteiger partial charge is 0.490 e. The van der Waals surface area contributed by atoms with Gasteiger partial charge in [0.2, 0.25) is 11.8 Å². The van der Waals surface area contributed by atoms with Gasteiger partial charge in [-0.2, -0.15) is 13.2 Å². The predicted molar refractivity (Wildman–Crippen MR) is 104 cm³/mol. The molecule has 3 N–H and O–H groups in total. The van der Waals surface area contributed by atoms with Crippen LogP contribution in [0.15, 0.2) is 28.9 Å². The molecule has 1 amide bonds. The number of carbonyl (C=O) groups excluding carboxylic acids is 1. The maximum atomic E-state index is 12.1. The second kappa shape index (κ2) is 10.6. The van der Waals surface area contributed by atoms with Gasteiger partial charge in [0.15, 0.2) is 0 Å². The molecular weight excluding hydrogens is 423 g/mol. The van der Waals surface area contributed by atoms with Crippen LogP contribution in [-0.4, -0.2) is 65.6 Å². The first-order valence-corrected chi connectivity index (χ1v) is 9.16. The molecule has 2 aromatic rings. The van der Waals surface area contributed by atoms with Crippen LogP contribution in [-0.2, 0) is 14.3 Å². The number of aryl methyl sites for hydroxylation is 1. The molecule has 10 nitrogen and oxygen atoms in total. The first-order valence-electron chi connectivity index (χ1n) is 9.16. The number of aliphatic carboxylic acids is 1. The van der Waals surface area contributed by atoms with Crippen LogP contribution in [0.2, 0.25) is 0 Å². The van der Waals surface area contributed by atoms with Gasteiger partial charge in [-0.15, -0.1) is 0 Å². The van der Waals surface area contributed by atoms with Crippen molar-refractivity contribution >= 4 is 29.3 Å². The van der Waals surface area contributed by atoms with Crippen LogP contribution in [0, 0.1) is 6.92 Å². The molecule has 0 bridgehead atoms. The maximum Gasteiger partial charge on any atom is 0.490 e. The highest BCUT2D eigenvalue weighted by Gasteiger charge is 2.38. The van der Waals surface area contributed by atoms with Gasteiger partial charge in [-0.1, -0.05) is 5.16 Å². The molecule has 0 saturated carbocycles. The van der Waals surface area contributed by atoms with Crippen LogP contribution in [0.1, 0.15) is 12.6 Å². The average Bonchev–Trinajstić information content (AvgIpc) is 3.13. The number of morpholine rings is 1. The lowest BCUT2D eigenvalue weighted by Gasteiger charge is -2.27. The second-order valence-corrected chi connectivity index (χ2v) is 6.50. The fourth-order valence-electron chi connectivity index (χ4n) is 2.42. The molecule has 0 radical (unpaired) electrons. The highest BCUT2D eigenvalue weighted by atomic mass is 19.4. The molecule has 31 heavy (non-hydrogen) atoms. The second-order valence-electron chi connectivity index (χ2n) is 6.50. The summed E-state index contributed by atoms with van der Waals surface area (Å²) in [5.74, 6) is -1.71. The Balaban J connectivity index is 0.000000423. The minimum absolute atomic E-state index is 0.205. The van der Waals surface area contributed by atoms with E-state index in [1.165, 1.54) is 0 Å². The van der Waals surface area contributed by atoms with E-state index in [-0.39, 0.29) is 5.91 Å². The number of nitrogens with zero attached hydrogens (tertiary/aromatic N) is 3. The maximum absolute atomic E-state index is 12.1. The molecule has 3 heterocycles. The van der Waals surface area contributed by atoms with Crippen molar-refractivity contribution in [2.24, 2.45) is 0 Å². The number of hydrogen-bond acceptors (Lipinski definition) is 8. The highest BCUT2D eigenvalue weighted by Crippen LogP contribution is 2.17. The topological polar surface area (TPSA) is 130 Å². The summed E-state index contributed by atoms with van der Waals surface area (Å²) >= 11 is 0. The summed E-state index contributed by atoms with van der Waals surface area (Å²) in [6, 6.07) is 5.09. The zero-order chi connectivity index (χ0) is 23.0. The van der Waals surface area contributed by atoms with E-state index < -0.39 is 18.2 Å². The third-order valence-corrected chi connectivity index (χ3v) is 3.98. The van der Waals surface area contributed by atoms with E-state index in [9.17, 15) is 18.0 Å². The number of anilines is 3. The van der Waals surface area contributed by atoms with E-state index >= 15 is 0 Å². The van der Waals surface area contributed by atoms with Gasteiger partial charge >= 0.3 is 12.1 Å². The molecule has 170 valence electrons. The molecule has 3 rings (SSSR count). The lowest BCUT2D eigenvalue weighted by Crippen LogP contribution is -2.36. The number of aromatic nitrogens is 2. The Morgan fingerprint density at radius 2 is 1.90 bits per heavy atom. The molecule has 13 heteroatoms. The zero-order valence-corrected chi connectivity index (χ0v) is 16.8. The first-order chi connectivity index (χ1) is 14.6. The number of carboxylic acid groups (broad SMARTS) is 1. The Morgan fingerprint density at radius 1 is 1.26 bits per heavy atom. The van der Waals surface area contributed by atoms with Crippen molar-refractivity contribution < 1.29 is 37.1 Å². The molecule has 1 atom stereocenters. The molecule has 1 saturated heterocycles. The van der Waals surface area contributed by atoms with Crippen LogP contribution in [0.5, 0.6) is 0 Å². The van der Waals surface area contributed by atoms with Gasteiger partial charge in [0.25, 0.3) is 0 Å². The van der Waals surface area contributed by atoms with Gasteiger partial charge in [-0.25, -0.2) is 9.78 Å². The first kappa shape index (κ1) is 23.9. The number of alkyl halides is 3. The van der Waals surface area contributed by atoms with Crippen molar-refractivity contribution in [2.45, 2.75) is 26.1 Å². The van der Waals surface area contributed by atoms with Gasteiger partial charge in [-0.05, 0) is 26.0 Å². The SMILES string of the molecule is Cc1cc(NC(=O)C(C)Nc2ccc(N3CCOCC3)nc2)on1.O=C(O)C(F)(F)F. The minimum atomic E-state index is -5.08. The number of carboxylic acids is 1. The molecule has 1 fully saturated rings. The number of rotatable bonds is 5. The van der Waals surface area contributed by atoms with Crippen LogP contribution in [0.4, 0.5) is 30.6 Å². The Bertz CT molecular complexity index is 866. The predicted octanol–water partition coefficient (Wildman–Crippen LogP) is 2.29. The van der Waals surface area contributed by atoms with Gasteiger partial charge in [0, 0.05) is 19.2 Å². The summed E-state index contributed by atoms with van der Waals surface area (Å²) < 4.78 is 42.1. The molecule has 0 aliphatic carbocycles. The molecule has 2 aromatic heterocycles. The summed E-state index contributed by atoms with van der Waals surface area (Å²) in [5, 5.41) is 16.7. The molecule has 1 aliphatic heterocycles. The number of carbonyl (C=O) groups is 2. The third kappa shape index (κ3) is 7.77. The van der Waals surface area contributed by atoms with Crippen molar-refractivity contribution in [2.75, 3.05) is 41.8 Å². The summed E-state index contributed by atoms with van der Waals surface area (Å²) in [6.45, 7) is 6.70. The quantitative estimate of drug-likeness (QED) is 0.635. The third-order valence-electron chi connectivity index (χ3n) is 3.98. The van der Waals surface area contributed by atoms with Gasteiger partial charge in [-0.3, -0.25) is 10.1 Å². The van der Waals surface area contributed by atoms with E-state index in [0.29, 0.717) is 11.6 Å². The summed E-state index contributed by atoms with van der Waals surface area (Å²) in [7, 11) is 0. The van der Waals surface area contributed by atoms with E-state index in [2.05, 4.69) is 25.7 Å². The number of ether oxygens (including phenoxy) is 1. The zero-order valence-electron chi connectivity index (χ0n) is 16.8. The monoisotopic (exact) mass is 445 g/mol. The van der Waals surface area contributed by atoms with Crippen LogP contribution >= 0.6 is 0 Å². The van der Waals surface area contributed by atoms with E-state index in [0.717, 1.165) is 37.8 Å². The van der Waals surface area contributed by atoms with Gasteiger partial charge in [0.05, 0.1) is 30.8 Å². The number of halogens is 3. The van der Waals surface area contributed by atoms with Gasteiger partial charge in [0.1, 0.15) is 11.9 Å². The standard InChI is InChI=1S/C16H21N5O3.C2HF3O2/c1-11-9-15(24-20-11)19-16(22)12(2)18-13-3-4-14(17-10-13)21-5-7-23-8-6-21;3-2(4,5)1(6)7/h3-4,9-10,12,18H,5-8H2,1-2H3,(H,19,22);(H,6,7). The number of amides is 1. The van der Waals surface area contributed by atoms with Crippen molar-refractivity contribution in [1.29, 1.82) is 0 Å². The number of hydrogen-bond donors (Lipinski definition) is 3. The smallest absolute Gasteiger partial charge is 0.475 e. The molecular formula is C18H22F3N5O5. The fraction of sp³-hybridized carbons (Fsp3) is 0.444. The summed E-state index contributed by atoms with van der Waals surface area (Å²) in [5.41, 5.74) is 1.50. The van der Waals surface area contributed by atoms with E-state index in [1.54, 1.807) is 26.1 Å². The Labute approximate surface area is 175 Å². The van der Waals surface area contributed by atoms with Crippen molar-refractivity contribution in [3.63, 3.8) is 0 Å². The average molecular weight is 445 g/mol. The molecule has 1 aliphatic rings. The number of nitrogens with one attached hydrogen (secondary N) is 2. The normalized spacial score (nSPS) is 14.8. The lowest BCUT2D eigenvalue weighted by atomic mass is 10.2. The highest BCUT2D eigenvalue weighted by molar-refractivity contribution is 5.95. The minimum Gasteiger partial charge on any atom is -0.475 e. The summed E-state index contributed by atoms with van der Waals surface area (Å²) in [6.07, 6.45) is -3.35. The Hall–Kier alpha value is -3.35. The lowest BCUT2D eigenvalue weighted by molar-refractivity contribution is -0.192. The van der Waals surface area contributed by atoms with Crippen LogP contribution in [0.3, 0.4) is 0 Å². The number of pyridine rings is 1. The van der Waals surface area contributed by atoms with Crippen LogP contribution < -0.4 is 15.5 Å². The van der Waals surface area contributed by atoms with Crippen molar-refractivity contribution in [3.8, 4) is 0 Å². The molecule has 0 spiro atoms. The van der Waals surface area contributed by atoms with E-state index in [1.807, 2.05) is 12.1 Å². The van der Waals surface area contributed by atoms with Gasteiger partial charge < -0.3 is 24.6 Å². The fourth-order valence-corrected chi connectivity index (χ4v) is 2.42. The van der Waals surface area contributed by atoms with Crippen LogP contribution in [0.25, 0.3) is 0 Å². The Morgan fingerprint density at radius 3 is 2.39 bits per heavy atom.